The largest absolute Gasteiger partial charge is 0.325 e. The maximum Gasteiger partial charge on any atom is 0.258 e. The Morgan fingerprint density at radius 1 is 0.765 bits per heavy atom. The number of benzene rings is 4. The first-order valence-corrected chi connectivity index (χ1v) is 11.6. The number of hydrogen-bond acceptors (Lipinski definition) is 3. The van der Waals surface area contributed by atoms with Crippen LogP contribution in [0.2, 0.25) is 0 Å². The molecule has 4 rings (SSSR count). The van der Waals surface area contributed by atoms with Crippen molar-refractivity contribution in [2.45, 2.75) is 17.1 Å². The average molecular weight is 471 g/mol. The lowest BCUT2D eigenvalue weighted by molar-refractivity contribution is -0.115. The summed E-state index contributed by atoms with van der Waals surface area (Å²) in [6, 6.07) is 30.2. The molecular formula is C28H23FN2O2S. The van der Waals surface area contributed by atoms with Crippen molar-refractivity contribution < 1.29 is 14.0 Å². The summed E-state index contributed by atoms with van der Waals surface area (Å²) in [7, 11) is 0. The van der Waals surface area contributed by atoms with Crippen LogP contribution in [0.25, 0.3) is 0 Å². The summed E-state index contributed by atoms with van der Waals surface area (Å²) in [5.74, 6) is -1.26. The van der Waals surface area contributed by atoms with Gasteiger partial charge in [0.1, 0.15) is 11.1 Å². The van der Waals surface area contributed by atoms with E-state index in [1.165, 1.54) is 30.0 Å². The van der Waals surface area contributed by atoms with Crippen LogP contribution in [0.4, 0.5) is 15.8 Å². The summed E-state index contributed by atoms with van der Waals surface area (Å²) < 4.78 is 14.0. The molecule has 0 bridgehead atoms. The molecule has 0 radical (unpaired) electrons. The first kappa shape index (κ1) is 23.3. The van der Waals surface area contributed by atoms with Gasteiger partial charge in [0.15, 0.2) is 0 Å². The predicted octanol–water partition coefficient (Wildman–Crippen LogP) is 6.86. The van der Waals surface area contributed by atoms with Crippen molar-refractivity contribution in [1.29, 1.82) is 0 Å². The molecule has 34 heavy (non-hydrogen) atoms. The van der Waals surface area contributed by atoms with Gasteiger partial charge in [0.2, 0.25) is 5.91 Å². The number of rotatable bonds is 7. The number of carbonyl (C=O) groups is 2. The van der Waals surface area contributed by atoms with Crippen LogP contribution in [0.3, 0.4) is 0 Å². The van der Waals surface area contributed by atoms with Crippen LogP contribution in [-0.4, -0.2) is 11.8 Å². The van der Waals surface area contributed by atoms with Gasteiger partial charge in [-0.1, -0.05) is 60.7 Å². The van der Waals surface area contributed by atoms with E-state index in [0.29, 0.717) is 5.69 Å². The summed E-state index contributed by atoms with van der Waals surface area (Å²) >= 11 is 1.38. The van der Waals surface area contributed by atoms with Crippen LogP contribution in [0.1, 0.15) is 26.7 Å². The fraction of sp³-hybridized carbons (Fsp3) is 0.0714. The van der Waals surface area contributed by atoms with Gasteiger partial charge in [0.25, 0.3) is 5.91 Å². The van der Waals surface area contributed by atoms with Crippen LogP contribution < -0.4 is 10.6 Å². The Kier molecular flexibility index (Phi) is 7.40. The molecule has 6 heteroatoms. The molecule has 4 aromatic rings. The van der Waals surface area contributed by atoms with E-state index < -0.39 is 17.0 Å². The maximum atomic E-state index is 14.0. The number of thioether (sulfide) groups is 1. The van der Waals surface area contributed by atoms with Crippen LogP contribution in [0.15, 0.2) is 108 Å². The highest BCUT2D eigenvalue weighted by Gasteiger charge is 2.22. The minimum atomic E-state index is -0.581. The second-order valence-corrected chi connectivity index (χ2v) is 8.91. The fourth-order valence-electron chi connectivity index (χ4n) is 3.46. The summed E-state index contributed by atoms with van der Waals surface area (Å²) in [5.41, 5.74) is 3.14. The zero-order chi connectivity index (χ0) is 23.9. The molecular weight excluding hydrogens is 447 g/mol. The zero-order valence-electron chi connectivity index (χ0n) is 18.5. The van der Waals surface area contributed by atoms with Gasteiger partial charge in [-0.25, -0.2) is 4.39 Å². The maximum absolute atomic E-state index is 14.0. The third kappa shape index (κ3) is 5.91. The lowest BCUT2D eigenvalue weighted by Gasteiger charge is -2.18. The van der Waals surface area contributed by atoms with E-state index in [1.54, 1.807) is 24.3 Å². The van der Waals surface area contributed by atoms with Crippen molar-refractivity contribution in [3.8, 4) is 0 Å². The number of carbonyl (C=O) groups excluding carboxylic acids is 2. The number of halogens is 1. The van der Waals surface area contributed by atoms with Crippen molar-refractivity contribution in [1.82, 2.24) is 0 Å². The SMILES string of the molecule is Cc1cccc(NC(=O)C(Sc2cccc(NC(=O)c3ccccc3F)c2)c2ccccc2)c1. The summed E-state index contributed by atoms with van der Waals surface area (Å²) in [4.78, 5) is 26.6. The van der Waals surface area contributed by atoms with E-state index in [9.17, 15) is 14.0 Å². The summed E-state index contributed by atoms with van der Waals surface area (Å²) in [5, 5.41) is 5.23. The lowest BCUT2D eigenvalue weighted by Crippen LogP contribution is -2.19. The standard InChI is InChI=1S/C28H23FN2O2S/c1-19-9-7-12-21(17-19)31-28(33)26(20-10-3-2-4-11-20)34-23-14-8-13-22(18-23)30-27(32)24-15-5-6-16-25(24)29/h2-18,26H,1H3,(H,30,32)(H,31,33). The molecule has 0 spiro atoms. The van der Waals surface area contributed by atoms with Gasteiger partial charge >= 0.3 is 0 Å². The third-order valence-corrected chi connectivity index (χ3v) is 6.34. The van der Waals surface area contributed by atoms with Crippen molar-refractivity contribution in [3.05, 3.63) is 126 Å². The second-order valence-electron chi connectivity index (χ2n) is 7.73. The Morgan fingerprint density at radius 2 is 1.44 bits per heavy atom. The minimum absolute atomic E-state index is 0.0275. The molecule has 4 nitrogen and oxygen atoms in total. The third-order valence-electron chi connectivity index (χ3n) is 5.09. The van der Waals surface area contributed by atoms with E-state index in [0.717, 1.165) is 21.7 Å². The smallest absolute Gasteiger partial charge is 0.258 e. The van der Waals surface area contributed by atoms with E-state index in [4.69, 9.17) is 0 Å². The molecule has 2 N–H and O–H groups in total. The van der Waals surface area contributed by atoms with Gasteiger partial charge in [0, 0.05) is 16.3 Å². The molecule has 0 fully saturated rings. The second kappa shape index (κ2) is 10.8. The van der Waals surface area contributed by atoms with Gasteiger partial charge in [0.05, 0.1) is 5.56 Å². The Balaban J connectivity index is 1.55. The van der Waals surface area contributed by atoms with Gasteiger partial charge < -0.3 is 10.6 Å². The normalized spacial score (nSPS) is 11.5. The van der Waals surface area contributed by atoms with Crippen LogP contribution in [0.5, 0.6) is 0 Å². The predicted molar refractivity (Wildman–Crippen MR) is 136 cm³/mol. The highest BCUT2D eigenvalue weighted by molar-refractivity contribution is 8.00. The van der Waals surface area contributed by atoms with E-state index >= 15 is 0 Å². The molecule has 0 saturated carbocycles. The average Bonchev–Trinajstić information content (AvgIpc) is 2.83. The summed E-state index contributed by atoms with van der Waals surface area (Å²) in [6.45, 7) is 1.97. The van der Waals surface area contributed by atoms with E-state index in [1.807, 2.05) is 67.6 Å². The number of anilines is 2. The molecule has 0 aliphatic carbocycles. The number of hydrogen-bond donors (Lipinski definition) is 2. The molecule has 0 saturated heterocycles. The fourth-order valence-corrected chi connectivity index (χ4v) is 4.54. The number of nitrogens with one attached hydrogen (secondary N) is 2. The molecule has 0 aromatic heterocycles. The highest BCUT2D eigenvalue weighted by atomic mass is 32.2. The molecule has 170 valence electrons. The van der Waals surface area contributed by atoms with Crippen molar-refractivity contribution >= 4 is 35.0 Å². The zero-order valence-corrected chi connectivity index (χ0v) is 19.3. The van der Waals surface area contributed by atoms with Gasteiger partial charge in [-0.05, 0) is 60.5 Å². The van der Waals surface area contributed by atoms with Crippen molar-refractivity contribution in [2.24, 2.45) is 0 Å². The van der Waals surface area contributed by atoms with Crippen LogP contribution >= 0.6 is 11.8 Å². The molecule has 0 heterocycles. The van der Waals surface area contributed by atoms with E-state index in [-0.39, 0.29) is 11.5 Å². The summed E-state index contributed by atoms with van der Waals surface area (Å²) in [6.07, 6.45) is 0. The molecule has 1 unspecified atom stereocenters. The molecule has 4 aromatic carbocycles. The number of aryl methyl sites for hydroxylation is 1. The first-order valence-electron chi connectivity index (χ1n) is 10.7. The Morgan fingerprint density at radius 3 is 2.18 bits per heavy atom. The Hall–Kier alpha value is -3.90. The van der Waals surface area contributed by atoms with Gasteiger partial charge in [-0.2, -0.15) is 0 Å². The first-order chi connectivity index (χ1) is 16.5. The highest BCUT2D eigenvalue weighted by Crippen LogP contribution is 2.37. The lowest BCUT2D eigenvalue weighted by atomic mass is 10.1. The Bertz CT molecular complexity index is 1310. The molecule has 1 atom stereocenters. The van der Waals surface area contributed by atoms with Crippen LogP contribution in [0, 0.1) is 12.7 Å². The number of amides is 2. The van der Waals surface area contributed by atoms with Crippen molar-refractivity contribution in [2.75, 3.05) is 10.6 Å². The van der Waals surface area contributed by atoms with Gasteiger partial charge in [-0.15, -0.1) is 11.8 Å². The van der Waals surface area contributed by atoms with Gasteiger partial charge in [-0.3, -0.25) is 9.59 Å². The van der Waals surface area contributed by atoms with Crippen LogP contribution in [-0.2, 0) is 4.79 Å². The van der Waals surface area contributed by atoms with E-state index in [2.05, 4.69) is 10.6 Å². The topological polar surface area (TPSA) is 58.2 Å². The molecule has 0 aliphatic heterocycles. The molecule has 0 aliphatic rings. The van der Waals surface area contributed by atoms with Crippen molar-refractivity contribution in [3.63, 3.8) is 0 Å². The molecule has 2 amide bonds. The quantitative estimate of drug-likeness (QED) is 0.290. The minimum Gasteiger partial charge on any atom is -0.325 e. The Labute approximate surface area is 202 Å². The monoisotopic (exact) mass is 470 g/mol.